The van der Waals surface area contributed by atoms with E-state index in [1.165, 1.54) is 0 Å². The first-order valence-electron chi connectivity index (χ1n) is 5.74. The minimum atomic E-state index is -0.287. The minimum absolute atomic E-state index is 0.0475. The molecule has 0 saturated heterocycles. The van der Waals surface area contributed by atoms with Gasteiger partial charge < -0.3 is 0 Å². The number of H-pyrrole nitrogens is 1. The van der Waals surface area contributed by atoms with Gasteiger partial charge in [0.25, 0.3) is 5.91 Å². The van der Waals surface area contributed by atoms with Crippen molar-refractivity contribution in [3.63, 3.8) is 0 Å². The van der Waals surface area contributed by atoms with E-state index in [9.17, 15) is 4.79 Å². The monoisotopic (exact) mass is 236 g/mol. The highest BCUT2D eigenvalue weighted by atomic mass is 16.2. The molecule has 0 atom stereocenters. The summed E-state index contributed by atoms with van der Waals surface area (Å²) in [5, 5.41) is 10.8. The third-order valence-corrected chi connectivity index (χ3v) is 2.48. The maximum atomic E-state index is 11.7. The maximum Gasteiger partial charge on any atom is 0.291 e. The van der Waals surface area contributed by atoms with Gasteiger partial charge in [-0.25, -0.2) is 5.43 Å². The van der Waals surface area contributed by atoms with Gasteiger partial charge in [0.1, 0.15) is 0 Å². The lowest BCUT2D eigenvalue weighted by molar-refractivity contribution is 0.0949. The average molecular weight is 236 g/mol. The van der Waals surface area contributed by atoms with Gasteiger partial charge >= 0.3 is 0 Å². The Morgan fingerprint density at radius 2 is 2.18 bits per heavy atom. The number of amides is 1. The number of hydrogen-bond acceptors (Lipinski definition) is 3. The molecular weight excluding hydrogens is 216 g/mol. The molecule has 0 unspecified atom stereocenters. The lowest BCUT2D eigenvalue weighted by Crippen LogP contribution is -2.19. The Morgan fingerprint density at radius 3 is 2.65 bits per heavy atom. The van der Waals surface area contributed by atoms with Gasteiger partial charge in [-0.05, 0) is 19.4 Å². The van der Waals surface area contributed by atoms with Gasteiger partial charge in [-0.3, -0.25) is 9.89 Å². The van der Waals surface area contributed by atoms with Crippen molar-refractivity contribution in [2.24, 2.45) is 5.10 Å². The highest BCUT2D eigenvalue weighted by molar-refractivity contribution is 5.93. The molecule has 0 saturated carbocycles. The molecule has 0 aliphatic carbocycles. The van der Waals surface area contributed by atoms with E-state index >= 15 is 0 Å². The van der Waals surface area contributed by atoms with Gasteiger partial charge in [0.2, 0.25) is 0 Å². The van der Waals surface area contributed by atoms with E-state index in [0.29, 0.717) is 5.69 Å². The second kappa shape index (κ2) is 5.12. The second-order valence-corrected chi connectivity index (χ2v) is 5.06. The van der Waals surface area contributed by atoms with E-state index in [1.807, 2.05) is 13.8 Å². The number of rotatable bonds is 3. The molecule has 0 aliphatic heterocycles. The van der Waals surface area contributed by atoms with Crippen molar-refractivity contribution in [3.05, 3.63) is 17.5 Å². The van der Waals surface area contributed by atoms with Gasteiger partial charge in [-0.2, -0.15) is 10.2 Å². The Kier molecular flexibility index (Phi) is 4.04. The number of nitrogens with zero attached hydrogens (tertiary/aromatic N) is 2. The highest BCUT2D eigenvalue weighted by Gasteiger charge is 2.19. The summed E-state index contributed by atoms with van der Waals surface area (Å²) < 4.78 is 0. The molecule has 17 heavy (non-hydrogen) atoms. The van der Waals surface area contributed by atoms with E-state index in [4.69, 9.17) is 0 Å². The standard InChI is InChI=1S/C12H20N4O/c1-6-8(2)13-16-11(17)9-7-10(15-14-9)12(3,4)5/h7H,6H2,1-5H3,(H,14,15)(H,16,17)/b13-8-. The third kappa shape index (κ3) is 3.69. The summed E-state index contributed by atoms with van der Waals surface area (Å²) in [6.45, 7) is 10.0. The van der Waals surface area contributed by atoms with Gasteiger partial charge in [0, 0.05) is 16.8 Å². The summed E-state index contributed by atoms with van der Waals surface area (Å²) in [5.41, 5.74) is 4.61. The zero-order valence-electron chi connectivity index (χ0n) is 11.1. The number of aromatic amines is 1. The Hall–Kier alpha value is -1.65. The largest absolute Gasteiger partial charge is 0.291 e. The fraction of sp³-hybridized carbons (Fsp3) is 0.583. The lowest BCUT2D eigenvalue weighted by Gasteiger charge is -2.14. The lowest BCUT2D eigenvalue weighted by atomic mass is 9.92. The SMILES string of the molecule is CC/C(C)=N\NC(=O)c1cc(C(C)(C)C)[nH]n1. The molecule has 2 N–H and O–H groups in total. The molecule has 5 nitrogen and oxygen atoms in total. The predicted molar refractivity (Wildman–Crippen MR) is 68.2 cm³/mol. The van der Waals surface area contributed by atoms with Crippen LogP contribution in [0, 0.1) is 0 Å². The molecule has 1 rings (SSSR count). The zero-order chi connectivity index (χ0) is 13.1. The predicted octanol–water partition coefficient (Wildman–Crippen LogP) is 2.22. The molecule has 5 heteroatoms. The molecule has 0 fully saturated rings. The van der Waals surface area contributed by atoms with Crippen LogP contribution in [-0.4, -0.2) is 21.8 Å². The van der Waals surface area contributed by atoms with Crippen molar-refractivity contribution in [1.29, 1.82) is 0 Å². The molecule has 0 aliphatic rings. The third-order valence-electron chi connectivity index (χ3n) is 2.48. The Bertz CT molecular complexity index is 426. The van der Waals surface area contributed by atoms with Crippen molar-refractivity contribution in [2.75, 3.05) is 0 Å². The highest BCUT2D eigenvalue weighted by Crippen LogP contribution is 2.20. The normalized spacial score (nSPS) is 12.6. The molecule has 94 valence electrons. The summed E-state index contributed by atoms with van der Waals surface area (Å²) in [4.78, 5) is 11.7. The Balaban J connectivity index is 2.74. The van der Waals surface area contributed by atoms with E-state index in [1.54, 1.807) is 6.07 Å². The van der Waals surface area contributed by atoms with E-state index in [0.717, 1.165) is 17.8 Å². The van der Waals surface area contributed by atoms with Crippen LogP contribution < -0.4 is 5.43 Å². The molecule has 0 radical (unpaired) electrons. The molecule has 0 spiro atoms. The first-order valence-corrected chi connectivity index (χ1v) is 5.74. The number of nitrogens with one attached hydrogen (secondary N) is 2. The van der Waals surface area contributed by atoms with Crippen LogP contribution in [0.4, 0.5) is 0 Å². The smallest absolute Gasteiger partial charge is 0.281 e. The summed E-state index contributed by atoms with van der Waals surface area (Å²) in [6, 6.07) is 1.76. The average Bonchev–Trinajstić information content (AvgIpc) is 2.74. The first kappa shape index (κ1) is 13.4. The number of hydrazone groups is 1. The molecule has 1 aromatic rings. The zero-order valence-corrected chi connectivity index (χ0v) is 11.1. The number of aromatic nitrogens is 2. The van der Waals surface area contributed by atoms with Crippen molar-refractivity contribution >= 4 is 11.6 Å². The van der Waals surface area contributed by atoms with Gasteiger partial charge in [-0.15, -0.1) is 0 Å². The fourth-order valence-corrected chi connectivity index (χ4v) is 1.10. The van der Waals surface area contributed by atoms with Crippen LogP contribution in [0.3, 0.4) is 0 Å². The van der Waals surface area contributed by atoms with Crippen LogP contribution in [0.25, 0.3) is 0 Å². The fourth-order valence-electron chi connectivity index (χ4n) is 1.10. The summed E-state index contributed by atoms with van der Waals surface area (Å²) >= 11 is 0. The molecule has 0 bridgehead atoms. The minimum Gasteiger partial charge on any atom is -0.281 e. The molecule has 1 heterocycles. The molecule has 0 aromatic carbocycles. The van der Waals surface area contributed by atoms with E-state index < -0.39 is 0 Å². The maximum absolute atomic E-state index is 11.7. The van der Waals surface area contributed by atoms with Crippen molar-refractivity contribution in [2.45, 2.75) is 46.5 Å². The summed E-state index contributed by atoms with van der Waals surface area (Å²) in [7, 11) is 0. The van der Waals surface area contributed by atoms with Crippen LogP contribution in [0.2, 0.25) is 0 Å². The van der Waals surface area contributed by atoms with Crippen LogP contribution in [0.15, 0.2) is 11.2 Å². The van der Waals surface area contributed by atoms with Gasteiger partial charge in [0.05, 0.1) is 0 Å². The molecular formula is C12H20N4O. The van der Waals surface area contributed by atoms with Crippen molar-refractivity contribution < 1.29 is 4.79 Å². The first-order chi connectivity index (χ1) is 7.84. The van der Waals surface area contributed by atoms with Gasteiger partial charge in [0.15, 0.2) is 5.69 Å². The topological polar surface area (TPSA) is 70.1 Å². The van der Waals surface area contributed by atoms with Gasteiger partial charge in [-0.1, -0.05) is 27.7 Å². The Labute approximate surface area is 102 Å². The number of carbonyl (C=O) groups is 1. The summed E-state index contributed by atoms with van der Waals surface area (Å²) in [6.07, 6.45) is 0.814. The molecule has 1 aromatic heterocycles. The van der Waals surface area contributed by atoms with Crippen LogP contribution >= 0.6 is 0 Å². The number of hydrogen-bond donors (Lipinski definition) is 2. The summed E-state index contributed by atoms with van der Waals surface area (Å²) in [5.74, 6) is -0.287. The number of carbonyl (C=O) groups excluding carboxylic acids is 1. The van der Waals surface area contributed by atoms with E-state index in [2.05, 4.69) is 41.5 Å². The van der Waals surface area contributed by atoms with Crippen LogP contribution in [0.1, 0.15) is 57.2 Å². The van der Waals surface area contributed by atoms with E-state index in [-0.39, 0.29) is 11.3 Å². The molecule has 1 amide bonds. The Morgan fingerprint density at radius 1 is 1.53 bits per heavy atom. The van der Waals surface area contributed by atoms with Crippen LogP contribution in [0.5, 0.6) is 0 Å². The second-order valence-electron chi connectivity index (χ2n) is 5.06. The quantitative estimate of drug-likeness (QED) is 0.624. The van der Waals surface area contributed by atoms with Crippen LogP contribution in [-0.2, 0) is 5.41 Å². The van der Waals surface area contributed by atoms with Crippen molar-refractivity contribution in [1.82, 2.24) is 15.6 Å². The van der Waals surface area contributed by atoms with Crippen molar-refractivity contribution in [3.8, 4) is 0 Å².